The highest BCUT2D eigenvalue weighted by molar-refractivity contribution is 5.01. The first-order valence-corrected chi connectivity index (χ1v) is 2.44. The minimum Gasteiger partial charge on any atom is -0.205 e. The van der Waals surface area contributed by atoms with Gasteiger partial charge in [0.05, 0.1) is 6.07 Å². The molecule has 1 atom stereocenters. The van der Waals surface area contributed by atoms with Crippen LogP contribution in [0.4, 0.5) is 8.78 Å². The quantitative estimate of drug-likeness (QED) is 0.472. The molecule has 0 aromatic carbocycles. The van der Waals surface area contributed by atoms with Gasteiger partial charge in [0.15, 0.2) is 0 Å². The van der Waals surface area contributed by atoms with Crippen molar-refractivity contribution in [1.29, 1.82) is 5.26 Å². The van der Waals surface area contributed by atoms with E-state index in [2.05, 4.69) is 0 Å². The van der Waals surface area contributed by atoms with Crippen LogP contribution in [0.15, 0.2) is 0 Å². The van der Waals surface area contributed by atoms with E-state index < -0.39 is 11.8 Å². The molecule has 1 unspecified atom stereocenters. The molecule has 0 N–H and O–H groups in total. The van der Waals surface area contributed by atoms with Crippen LogP contribution in [-0.4, -0.2) is 5.92 Å². The largest absolute Gasteiger partial charge is 0.263 e. The molecule has 0 bridgehead atoms. The molecule has 1 nitrogen and oxygen atoms in total. The Labute approximate surface area is 45.9 Å². The molecule has 1 saturated carbocycles. The summed E-state index contributed by atoms with van der Waals surface area (Å²) in [7, 11) is 0. The van der Waals surface area contributed by atoms with Crippen LogP contribution >= 0.6 is 0 Å². The molecule has 0 spiro atoms. The van der Waals surface area contributed by atoms with E-state index >= 15 is 0 Å². The van der Waals surface area contributed by atoms with Gasteiger partial charge < -0.3 is 0 Å². The first kappa shape index (κ1) is 5.49. The van der Waals surface area contributed by atoms with E-state index in [9.17, 15) is 8.78 Å². The van der Waals surface area contributed by atoms with Crippen molar-refractivity contribution in [3.63, 3.8) is 0 Å². The lowest BCUT2D eigenvalue weighted by atomic mass is 9.82. The van der Waals surface area contributed by atoms with Crippen molar-refractivity contribution in [2.45, 2.75) is 18.8 Å². The third-order valence-electron chi connectivity index (χ3n) is 1.43. The molecule has 44 valence electrons. The van der Waals surface area contributed by atoms with E-state index in [1.54, 1.807) is 6.07 Å². The van der Waals surface area contributed by atoms with Gasteiger partial charge in [0.25, 0.3) is 5.92 Å². The number of hydrogen-bond donors (Lipinski definition) is 0. The first-order chi connectivity index (χ1) is 3.67. The molecule has 1 aliphatic rings. The molecule has 1 aliphatic carbocycles. The second kappa shape index (κ2) is 1.41. The maximum Gasteiger partial charge on any atom is 0.263 e. The lowest BCUT2D eigenvalue weighted by molar-refractivity contribution is -0.108. The molecular formula is C5H5F2N. The van der Waals surface area contributed by atoms with E-state index in [1.807, 2.05) is 0 Å². The highest BCUT2D eigenvalue weighted by Crippen LogP contribution is 2.42. The molecule has 3 heteroatoms. The third kappa shape index (κ3) is 0.568. The maximum absolute atomic E-state index is 12.0. The SMILES string of the molecule is N#CC1CCC1(F)F. The predicted octanol–water partition coefficient (Wildman–Crippen LogP) is 1.56. The highest BCUT2D eigenvalue weighted by Gasteiger charge is 2.48. The topological polar surface area (TPSA) is 23.8 Å². The summed E-state index contributed by atoms with van der Waals surface area (Å²) in [6.07, 6.45) is 0.259. The molecule has 0 saturated heterocycles. The Morgan fingerprint density at radius 3 is 2.25 bits per heavy atom. The van der Waals surface area contributed by atoms with Crippen molar-refractivity contribution in [1.82, 2.24) is 0 Å². The number of hydrogen-bond acceptors (Lipinski definition) is 1. The molecule has 1 fully saturated rings. The van der Waals surface area contributed by atoms with Crippen molar-refractivity contribution in [2.24, 2.45) is 5.92 Å². The van der Waals surface area contributed by atoms with Gasteiger partial charge >= 0.3 is 0 Å². The highest BCUT2D eigenvalue weighted by atomic mass is 19.3. The summed E-state index contributed by atoms with van der Waals surface area (Å²) in [6, 6.07) is 1.54. The average molecular weight is 117 g/mol. The Bertz CT molecular complexity index is 136. The summed E-state index contributed by atoms with van der Waals surface area (Å²) in [6.45, 7) is 0. The first-order valence-electron chi connectivity index (χ1n) is 2.44. The lowest BCUT2D eigenvalue weighted by Crippen LogP contribution is -2.37. The van der Waals surface area contributed by atoms with Crippen molar-refractivity contribution in [3.8, 4) is 6.07 Å². The minimum absolute atomic E-state index is 0.106. The van der Waals surface area contributed by atoms with Gasteiger partial charge in [0.1, 0.15) is 5.92 Å². The number of alkyl halides is 2. The molecule has 8 heavy (non-hydrogen) atoms. The van der Waals surface area contributed by atoms with Gasteiger partial charge in [0, 0.05) is 6.42 Å². The van der Waals surface area contributed by atoms with Gasteiger partial charge in [-0.1, -0.05) is 0 Å². The van der Waals surface area contributed by atoms with Crippen molar-refractivity contribution < 1.29 is 8.78 Å². The van der Waals surface area contributed by atoms with Crippen molar-refractivity contribution in [3.05, 3.63) is 0 Å². The van der Waals surface area contributed by atoms with Crippen LogP contribution in [-0.2, 0) is 0 Å². The Kier molecular flexibility index (Phi) is 0.968. The van der Waals surface area contributed by atoms with Crippen LogP contribution in [0.3, 0.4) is 0 Å². The van der Waals surface area contributed by atoms with Gasteiger partial charge in [-0.3, -0.25) is 0 Å². The molecular weight excluding hydrogens is 112 g/mol. The van der Waals surface area contributed by atoms with E-state index in [0.29, 0.717) is 6.42 Å². The monoisotopic (exact) mass is 117 g/mol. The second-order valence-electron chi connectivity index (χ2n) is 1.98. The van der Waals surface area contributed by atoms with Crippen LogP contribution in [0.2, 0.25) is 0 Å². The molecule has 0 aromatic heterocycles. The summed E-state index contributed by atoms with van der Waals surface area (Å²) in [4.78, 5) is 0. The normalized spacial score (nSPS) is 32.9. The standard InChI is InChI=1S/C5H5F2N/c6-5(7)2-1-4(5)3-8/h4H,1-2H2. The summed E-state index contributed by atoms with van der Waals surface area (Å²) < 4.78 is 24.0. The molecule has 0 aromatic rings. The van der Waals surface area contributed by atoms with Gasteiger partial charge in [-0.15, -0.1) is 0 Å². The smallest absolute Gasteiger partial charge is 0.205 e. The van der Waals surface area contributed by atoms with Crippen LogP contribution in [0.1, 0.15) is 12.8 Å². The molecule has 1 rings (SSSR count). The third-order valence-corrected chi connectivity index (χ3v) is 1.43. The number of nitrogens with zero attached hydrogens (tertiary/aromatic N) is 1. The number of rotatable bonds is 0. The van der Waals surface area contributed by atoms with E-state index in [-0.39, 0.29) is 6.42 Å². The van der Waals surface area contributed by atoms with Crippen molar-refractivity contribution >= 4 is 0 Å². The molecule has 0 radical (unpaired) electrons. The maximum atomic E-state index is 12.0. The number of halogens is 2. The summed E-state index contributed by atoms with van der Waals surface area (Å²) in [5, 5.41) is 7.99. The predicted molar refractivity (Wildman–Crippen MR) is 23.3 cm³/mol. The zero-order chi connectivity index (χ0) is 6.20. The fourth-order valence-corrected chi connectivity index (χ4v) is 0.666. The van der Waals surface area contributed by atoms with E-state index in [1.165, 1.54) is 0 Å². The van der Waals surface area contributed by atoms with Crippen LogP contribution in [0.25, 0.3) is 0 Å². The van der Waals surface area contributed by atoms with Crippen LogP contribution in [0.5, 0.6) is 0 Å². The van der Waals surface area contributed by atoms with Gasteiger partial charge in [-0.2, -0.15) is 5.26 Å². The average Bonchev–Trinajstić information content (AvgIpc) is 1.66. The number of nitriles is 1. The Morgan fingerprint density at radius 2 is 2.25 bits per heavy atom. The Hall–Kier alpha value is -0.650. The van der Waals surface area contributed by atoms with Gasteiger partial charge in [-0.05, 0) is 6.42 Å². The summed E-state index contributed by atoms with van der Waals surface area (Å²) in [5.41, 5.74) is 0. The van der Waals surface area contributed by atoms with Crippen LogP contribution < -0.4 is 0 Å². The Morgan fingerprint density at radius 1 is 1.62 bits per heavy atom. The summed E-state index contributed by atoms with van der Waals surface area (Å²) in [5.74, 6) is -3.67. The zero-order valence-corrected chi connectivity index (χ0v) is 4.19. The fourth-order valence-electron chi connectivity index (χ4n) is 0.666. The zero-order valence-electron chi connectivity index (χ0n) is 4.19. The lowest BCUT2D eigenvalue weighted by Gasteiger charge is -2.30. The van der Waals surface area contributed by atoms with E-state index in [4.69, 9.17) is 5.26 Å². The molecule has 0 heterocycles. The van der Waals surface area contributed by atoms with Crippen molar-refractivity contribution in [2.75, 3.05) is 0 Å². The molecule has 0 amide bonds. The second-order valence-corrected chi connectivity index (χ2v) is 1.98. The van der Waals surface area contributed by atoms with Gasteiger partial charge in [0.2, 0.25) is 0 Å². The minimum atomic E-state index is -2.67. The Balaban J connectivity index is 2.53. The van der Waals surface area contributed by atoms with Gasteiger partial charge in [-0.25, -0.2) is 8.78 Å². The van der Waals surface area contributed by atoms with E-state index in [0.717, 1.165) is 0 Å². The summed E-state index contributed by atoms with van der Waals surface area (Å²) >= 11 is 0. The molecule has 0 aliphatic heterocycles. The van der Waals surface area contributed by atoms with Crippen LogP contribution in [0, 0.1) is 17.2 Å². The fraction of sp³-hybridized carbons (Fsp3) is 0.800.